The molecule has 2 aromatic carbocycles. The molecular formula is C20H24N2O2. The van der Waals surface area contributed by atoms with Crippen LogP contribution in [0.25, 0.3) is 0 Å². The summed E-state index contributed by atoms with van der Waals surface area (Å²) in [6.07, 6.45) is 3.77. The number of nitrogens with zero attached hydrogens (tertiary/aromatic N) is 1. The molecule has 0 radical (unpaired) electrons. The van der Waals surface area contributed by atoms with Crippen LogP contribution in [0.3, 0.4) is 0 Å². The van der Waals surface area contributed by atoms with E-state index >= 15 is 0 Å². The van der Waals surface area contributed by atoms with Gasteiger partial charge in [0.1, 0.15) is 5.75 Å². The Balaban J connectivity index is 1.74. The molecule has 0 aliphatic heterocycles. The van der Waals surface area contributed by atoms with Gasteiger partial charge in [0.25, 0.3) is 0 Å². The predicted octanol–water partition coefficient (Wildman–Crippen LogP) is 3.79. The molecule has 0 spiro atoms. The van der Waals surface area contributed by atoms with Crippen LogP contribution in [0.4, 0.5) is 0 Å². The molecule has 0 fully saturated rings. The highest BCUT2D eigenvalue weighted by atomic mass is 16.5. The third-order valence-electron chi connectivity index (χ3n) is 3.88. The smallest absolute Gasteiger partial charge is 0.240 e. The van der Waals surface area contributed by atoms with E-state index in [2.05, 4.69) is 23.5 Å². The molecule has 0 aromatic heterocycles. The molecule has 0 aliphatic rings. The van der Waals surface area contributed by atoms with Gasteiger partial charge in [-0.1, -0.05) is 35.9 Å². The van der Waals surface area contributed by atoms with E-state index in [0.29, 0.717) is 6.42 Å². The van der Waals surface area contributed by atoms with Crippen LogP contribution in [-0.4, -0.2) is 19.2 Å². The number of hydrogen-bond acceptors (Lipinski definition) is 3. The van der Waals surface area contributed by atoms with Crippen LogP contribution in [0, 0.1) is 13.8 Å². The van der Waals surface area contributed by atoms with E-state index in [0.717, 1.165) is 24.2 Å². The monoisotopic (exact) mass is 324 g/mol. The largest absolute Gasteiger partial charge is 0.497 e. The maximum absolute atomic E-state index is 11.8. The molecule has 0 saturated heterocycles. The fraction of sp³-hybridized carbons (Fsp3) is 0.300. The van der Waals surface area contributed by atoms with Crippen LogP contribution in [-0.2, 0) is 11.2 Å². The number of rotatable bonds is 7. The predicted molar refractivity (Wildman–Crippen MR) is 97.6 cm³/mol. The highest BCUT2D eigenvalue weighted by molar-refractivity contribution is 5.82. The Morgan fingerprint density at radius 3 is 2.58 bits per heavy atom. The van der Waals surface area contributed by atoms with Crippen molar-refractivity contribution in [2.24, 2.45) is 5.10 Å². The van der Waals surface area contributed by atoms with Gasteiger partial charge in [0.05, 0.1) is 13.3 Å². The zero-order valence-electron chi connectivity index (χ0n) is 14.5. The van der Waals surface area contributed by atoms with Crippen molar-refractivity contribution in [3.63, 3.8) is 0 Å². The number of benzene rings is 2. The molecule has 0 bridgehead atoms. The summed E-state index contributed by atoms with van der Waals surface area (Å²) in [5, 5.41) is 4.00. The topological polar surface area (TPSA) is 50.7 Å². The van der Waals surface area contributed by atoms with Gasteiger partial charge in [-0.2, -0.15) is 5.10 Å². The van der Waals surface area contributed by atoms with Crippen molar-refractivity contribution in [3.05, 3.63) is 64.7 Å². The molecule has 2 rings (SSSR count). The standard InChI is InChI=1S/C20H24N2O2/c1-15-7-9-17(10-8-15)14-21-22-20(23)6-4-5-18-11-12-19(24-3)13-16(18)2/h7-14H,4-6H2,1-3H3,(H,22,23)/b21-14+. The second kappa shape index (κ2) is 8.87. The molecule has 24 heavy (non-hydrogen) atoms. The lowest BCUT2D eigenvalue weighted by molar-refractivity contribution is -0.121. The SMILES string of the molecule is COc1ccc(CCCC(=O)N/N=C/c2ccc(C)cc2)c(C)c1. The van der Waals surface area contributed by atoms with E-state index in [-0.39, 0.29) is 5.91 Å². The molecule has 1 amide bonds. The fourth-order valence-corrected chi connectivity index (χ4v) is 2.40. The Morgan fingerprint density at radius 2 is 1.92 bits per heavy atom. The lowest BCUT2D eigenvalue weighted by Gasteiger charge is -2.07. The molecule has 0 atom stereocenters. The van der Waals surface area contributed by atoms with Crippen molar-refractivity contribution in [3.8, 4) is 5.75 Å². The molecule has 126 valence electrons. The molecular weight excluding hydrogens is 300 g/mol. The van der Waals surface area contributed by atoms with Crippen molar-refractivity contribution >= 4 is 12.1 Å². The summed E-state index contributed by atoms with van der Waals surface area (Å²) in [6.45, 7) is 4.09. The number of aryl methyl sites for hydroxylation is 3. The lowest BCUT2D eigenvalue weighted by Crippen LogP contribution is -2.17. The quantitative estimate of drug-likeness (QED) is 0.622. The fourth-order valence-electron chi connectivity index (χ4n) is 2.40. The van der Waals surface area contributed by atoms with E-state index in [4.69, 9.17) is 4.74 Å². The van der Waals surface area contributed by atoms with Gasteiger partial charge >= 0.3 is 0 Å². The summed E-state index contributed by atoms with van der Waals surface area (Å²) in [5.41, 5.74) is 7.17. The highest BCUT2D eigenvalue weighted by Gasteiger charge is 2.03. The maximum atomic E-state index is 11.8. The van der Waals surface area contributed by atoms with E-state index in [1.165, 1.54) is 16.7 Å². The summed E-state index contributed by atoms with van der Waals surface area (Å²) >= 11 is 0. The van der Waals surface area contributed by atoms with Crippen LogP contribution in [0.5, 0.6) is 5.75 Å². The first-order valence-corrected chi connectivity index (χ1v) is 8.10. The van der Waals surface area contributed by atoms with E-state index in [9.17, 15) is 4.79 Å². The minimum Gasteiger partial charge on any atom is -0.497 e. The molecule has 4 nitrogen and oxygen atoms in total. The van der Waals surface area contributed by atoms with Gasteiger partial charge in [-0.15, -0.1) is 0 Å². The molecule has 0 saturated carbocycles. The summed E-state index contributed by atoms with van der Waals surface area (Å²) in [4.78, 5) is 11.8. The lowest BCUT2D eigenvalue weighted by atomic mass is 10.0. The number of carbonyl (C=O) groups is 1. The third-order valence-corrected chi connectivity index (χ3v) is 3.88. The normalized spacial score (nSPS) is 10.8. The molecule has 0 aliphatic carbocycles. The van der Waals surface area contributed by atoms with Crippen LogP contribution >= 0.6 is 0 Å². The van der Waals surface area contributed by atoms with Crippen molar-refractivity contribution in [1.82, 2.24) is 5.43 Å². The first-order valence-electron chi connectivity index (χ1n) is 8.10. The van der Waals surface area contributed by atoms with Gasteiger partial charge in [0.2, 0.25) is 5.91 Å². The van der Waals surface area contributed by atoms with Gasteiger partial charge in [-0.25, -0.2) is 5.43 Å². The van der Waals surface area contributed by atoms with Gasteiger partial charge in [0, 0.05) is 6.42 Å². The Hall–Kier alpha value is -2.62. The van der Waals surface area contributed by atoms with Gasteiger partial charge < -0.3 is 4.74 Å². The third kappa shape index (κ3) is 5.54. The summed E-state index contributed by atoms with van der Waals surface area (Å²) in [7, 11) is 1.66. The Morgan fingerprint density at radius 1 is 1.17 bits per heavy atom. The maximum Gasteiger partial charge on any atom is 0.240 e. The second-order valence-corrected chi connectivity index (χ2v) is 5.85. The number of nitrogens with one attached hydrogen (secondary N) is 1. The van der Waals surface area contributed by atoms with Crippen molar-refractivity contribution < 1.29 is 9.53 Å². The van der Waals surface area contributed by atoms with Gasteiger partial charge in [-0.3, -0.25) is 4.79 Å². The molecule has 0 unspecified atom stereocenters. The van der Waals surface area contributed by atoms with Crippen molar-refractivity contribution in [2.75, 3.05) is 7.11 Å². The van der Waals surface area contributed by atoms with Gasteiger partial charge in [0.15, 0.2) is 0 Å². The number of methoxy groups -OCH3 is 1. The zero-order chi connectivity index (χ0) is 17.4. The molecule has 4 heteroatoms. The van der Waals surface area contributed by atoms with E-state index < -0.39 is 0 Å². The van der Waals surface area contributed by atoms with Crippen LogP contribution in [0.2, 0.25) is 0 Å². The van der Waals surface area contributed by atoms with E-state index in [1.54, 1.807) is 13.3 Å². The number of amides is 1. The van der Waals surface area contributed by atoms with Crippen LogP contribution in [0.1, 0.15) is 35.1 Å². The Labute approximate surface area is 143 Å². The minimum absolute atomic E-state index is 0.0653. The molecule has 1 N–H and O–H groups in total. The summed E-state index contributed by atoms with van der Waals surface area (Å²) in [5.74, 6) is 0.795. The average Bonchev–Trinajstić information content (AvgIpc) is 2.58. The minimum atomic E-state index is -0.0653. The van der Waals surface area contributed by atoms with Crippen LogP contribution < -0.4 is 10.2 Å². The van der Waals surface area contributed by atoms with E-state index in [1.807, 2.05) is 43.3 Å². The number of ether oxygens (including phenoxy) is 1. The average molecular weight is 324 g/mol. The number of carbonyl (C=O) groups excluding carboxylic acids is 1. The number of hydrazone groups is 1. The summed E-state index contributed by atoms with van der Waals surface area (Å²) in [6, 6.07) is 14.0. The summed E-state index contributed by atoms with van der Waals surface area (Å²) < 4.78 is 5.20. The number of hydrogen-bond donors (Lipinski definition) is 1. The first kappa shape index (κ1) is 17.7. The van der Waals surface area contributed by atoms with Crippen molar-refractivity contribution in [1.29, 1.82) is 0 Å². The van der Waals surface area contributed by atoms with Crippen LogP contribution in [0.15, 0.2) is 47.6 Å². The second-order valence-electron chi connectivity index (χ2n) is 5.85. The zero-order valence-corrected chi connectivity index (χ0v) is 14.5. The Kier molecular flexibility index (Phi) is 6.55. The highest BCUT2D eigenvalue weighted by Crippen LogP contribution is 2.18. The van der Waals surface area contributed by atoms with Crippen molar-refractivity contribution in [2.45, 2.75) is 33.1 Å². The molecule has 2 aromatic rings. The Bertz CT molecular complexity index is 706. The molecule has 0 heterocycles. The first-order chi connectivity index (χ1) is 11.6. The van der Waals surface area contributed by atoms with Gasteiger partial charge in [-0.05, 0) is 55.5 Å².